The van der Waals surface area contributed by atoms with E-state index in [1.54, 1.807) is 0 Å². The van der Waals surface area contributed by atoms with Gasteiger partial charge in [-0.15, -0.1) is 0 Å². The summed E-state index contributed by atoms with van der Waals surface area (Å²) in [5, 5.41) is 5.19. The topological polar surface area (TPSA) is 44.4 Å². The summed E-state index contributed by atoms with van der Waals surface area (Å²) in [6.07, 6.45) is 3.67. The monoisotopic (exact) mass is 209 g/mol. The van der Waals surface area contributed by atoms with Crippen LogP contribution in [-0.4, -0.2) is 37.1 Å². The summed E-state index contributed by atoms with van der Waals surface area (Å²) >= 11 is 0. The number of carbonyl (C=O) groups is 1. The third kappa shape index (κ3) is 2.58. The summed E-state index contributed by atoms with van der Waals surface area (Å²) in [4.78, 5) is 11.8. The Bertz CT molecular complexity index is 274. The number of nitrogens with zero attached hydrogens (tertiary/aromatic N) is 1. The van der Waals surface area contributed by atoms with Crippen LogP contribution in [0.2, 0.25) is 0 Å². The maximum atomic E-state index is 11.8. The van der Waals surface area contributed by atoms with Crippen LogP contribution in [0.15, 0.2) is 11.1 Å². The smallest absolute Gasteiger partial charge is 0.261 e. The van der Waals surface area contributed by atoms with Gasteiger partial charge in [0.25, 0.3) is 5.91 Å². The highest BCUT2D eigenvalue weighted by molar-refractivity contribution is 5.93. The van der Waals surface area contributed by atoms with Gasteiger partial charge in [0.2, 0.25) is 0 Å². The van der Waals surface area contributed by atoms with Crippen molar-refractivity contribution in [1.82, 2.24) is 15.8 Å². The zero-order valence-corrected chi connectivity index (χ0v) is 9.31. The van der Waals surface area contributed by atoms with Crippen LogP contribution in [0, 0.1) is 0 Å². The molecule has 2 heterocycles. The molecule has 1 amide bonds. The zero-order chi connectivity index (χ0) is 10.7. The van der Waals surface area contributed by atoms with Crippen LogP contribution in [-0.2, 0) is 4.79 Å². The van der Waals surface area contributed by atoms with E-state index in [0.717, 1.165) is 31.8 Å². The zero-order valence-electron chi connectivity index (χ0n) is 9.31. The molecule has 84 valence electrons. The fourth-order valence-electron chi connectivity index (χ4n) is 1.91. The molecule has 2 aliphatic heterocycles. The van der Waals surface area contributed by atoms with Gasteiger partial charge in [0.1, 0.15) is 0 Å². The minimum atomic E-state index is 0.0772. The highest BCUT2D eigenvalue weighted by Gasteiger charge is 2.18. The van der Waals surface area contributed by atoms with Crippen LogP contribution in [0.1, 0.15) is 26.2 Å². The van der Waals surface area contributed by atoms with E-state index in [1.165, 1.54) is 24.8 Å². The molecular formula is C11H19N3O. The van der Waals surface area contributed by atoms with Crippen molar-refractivity contribution in [2.75, 3.05) is 26.2 Å². The normalized spacial score (nSPS) is 22.1. The number of hydrogen-bond acceptors (Lipinski definition) is 3. The van der Waals surface area contributed by atoms with Crippen molar-refractivity contribution < 1.29 is 4.79 Å². The van der Waals surface area contributed by atoms with Crippen molar-refractivity contribution in [1.29, 1.82) is 0 Å². The number of nitrogens with one attached hydrogen (secondary N) is 2. The molecule has 2 rings (SSSR count). The van der Waals surface area contributed by atoms with Crippen LogP contribution >= 0.6 is 0 Å². The molecular weight excluding hydrogens is 190 g/mol. The molecule has 0 atom stereocenters. The molecule has 2 aliphatic rings. The predicted octanol–water partition coefficient (Wildman–Crippen LogP) is 0.423. The average molecular weight is 209 g/mol. The highest BCUT2D eigenvalue weighted by Crippen LogP contribution is 2.10. The van der Waals surface area contributed by atoms with Crippen LogP contribution in [0.4, 0.5) is 0 Å². The van der Waals surface area contributed by atoms with Gasteiger partial charge in [0.15, 0.2) is 0 Å². The van der Waals surface area contributed by atoms with Gasteiger partial charge in [-0.1, -0.05) is 6.42 Å². The Balaban J connectivity index is 1.85. The summed E-state index contributed by atoms with van der Waals surface area (Å²) in [7, 11) is 0. The lowest BCUT2D eigenvalue weighted by atomic mass is 10.0. The van der Waals surface area contributed by atoms with E-state index < -0.39 is 0 Å². The van der Waals surface area contributed by atoms with E-state index in [1.807, 2.05) is 11.9 Å². The van der Waals surface area contributed by atoms with E-state index in [4.69, 9.17) is 0 Å². The second-order valence-electron chi connectivity index (χ2n) is 4.32. The van der Waals surface area contributed by atoms with Crippen LogP contribution in [0.5, 0.6) is 0 Å². The Hall–Kier alpha value is -0.870. The first-order chi connectivity index (χ1) is 7.27. The van der Waals surface area contributed by atoms with Crippen molar-refractivity contribution in [3.05, 3.63) is 11.1 Å². The van der Waals surface area contributed by atoms with Gasteiger partial charge in [-0.2, -0.15) is 0 Å². The van der Waals surface area contributed by atoms with E-state index >= 15 is 0 Å². The number of carbonyl (C=O) groups excluding carboxylic acids is 1. The minimum absolute atomic E-state index is 0.0772. The molecule has 15 heavy (non-hydrogen) atoms. The molecule has 0 aromatic carbocycles. The first-order valence-electron chi connectivity index (χ1n) is 5.72. The Morgan fingerprint density at radius 1 is 1.27 bits per heavy atom. The Morgan fingerprint density at radius 3 is 2.47 bits per heavy atom. The summed E-state index contributed by atoms with van der Waals surface area (Å²) in [6.45, 7) is 5.65. The van der Waals surface area contributed by atoms with Crippen molar-refractivity contribution in [3.8, 4) is 0 Å². The van der Waals surface area contributed by atoms with Crippen LogP contribution in [0.25, 0.3) is 0 Å². The molecule has 0 aromatic heterocycles. The van der Waals surface area contributed by atoms with Gasteiger partial charge in [0.05, 0.1) is 0 Å². The molecule has 2 fully saturated rings. The van der Waals surface area contributed by atoms with E-state index in [0.29, 0.717) is 0 Å². The molecule has 0 spiro atoms. The fraction of sp³-hybridized carbons (Fsp3) is 0.727. The van der Waals surface area contributed by atoms with Gasteiger partial charge in [-0.05, 0) is 25.3 Å². The van der Waals surface area contributed by atoms with Gasteiger partial charge in [-0.3, -0.25) is 10.2 Å². The lowest BCUT2D eigenvalue weighted by Crippen LogP contribution is -2.46. The van der Waals surface area contributed by atoms with Crippen LogP contribution in [0.3, 0.4) is 0 Å². The van der Waals surface area contributed by atoms with Gasteiger partial charge in [0, 0.05) is 31.8 Å². The Labute approximate surface area is 90.7 Å². The van der Waals surface area contributed by atoms with Gasteiger partial charge in [-0.25, -0.2) is 5.01 Å². The summed E-state index contributed by atoms with van der Waals surface area (Å²) in [6, 6.07) is 0. The minimum Gasteiger partial charge on any atom is -0.309 e. The number of amides is 1. The summed E-state index contributed by atoms with van der Waals surface area (Å²) < 4.78 is 0. The highest BCUT2D eigenvalue weighted by atomic mass is 16.2. The molecule has 4 heteroatoms. The third-order valence-electron chi connectivity index (χ3n) is 3.16. The molecule has 2 saturated heterocycles. The predicted molar refractivity (Wildman–Crippen MR) is 59.1 cm³/mol. The lowest BCUT2D eigenvalue weighted by Gasteiger charge is -2.28. The van der Waals surface area contributed by atoms with Crippen molar-refractivity contribution in [2.45, 2.75) is 26.2 Å². The molecule has 0 saturated carbocycles. The standard InChI is InChI=1S/C11H19N3O/c1-9(10-7-12-8-10)11(15)13-14-5-3-2-4-6-14/h12H,2-8H2,1H3,(H,13,15). The van der Waals surface area contributed by atoms with Crippen molar-refractivity contribution in [2.24, 2.45) is 0 Å². The van der Waals surface area contributed by atoms with E-state index in [-0.39, 0.29) is 5.91 Å². The lowest BCUT2D eigenvalue weighted by molar-refractivity contribution is -0.122. The number of piperidine rings is 1. The molecule has 0 aromatic rings. The van der Waals surface area contributed by atoms with Gasteiger partial charge < -0.3 is 5.32 Å². The van der Waals surface area contributed by atoms with E-state index in [9.17, 15) is 4.79 Å². The third-order valence-corrected chi connectivity index (χ3v) is 3.16. The first-order valence-corrected chi connectivity index (χ1v) is 5.72. The number of hydrazine groups is 1. The second kappa shape index (κ2) is 4.77. The van der Waals surface area contributed by atoms with Gasteiger partial charge >= 0.3 is 0 Å². The second-order valence-corrected chi connectivity index (χ2v) is 4.32. The largest absolute Gasteiger partial charge is 0.309 e. The molecule has 0 radical (unpaired) electrons. The first kappa shape index (κ1) is 10.6. The molecule has 2 N–H and O–H groups in total. The molecule has 0 unspecified atom stereocenters. The SMILES string of the molecule is CC(C(=O)NN1CCCCC1)=C1CNC1. The average Bonchev–Trinajstić information content (AvgIpc) is 2.16. The Morgan fingerprint density at radius 2 is 1.93 bits per heavy atom. The number of hydrogen-bond donors (Lipinski definition) is 2. The molecule has 0 bridgehead atoms. The van der Waals surface area contributed by atoms with Crippen LogP contribution < -0.4 is 10.7 Å². The summed E-state index contributed by atoms with van der Waals surface area (Å²) in [5.41, 5.74) is 5.11. The molecule has 0 aliphatic carbocycles. The maximum Gasteiger partial charge on any atom is 0.261 e. The van der Waals surface area contributed by atoms with Crippen molar-refractivity contribution in [3.63, 3.8) is 0 Å². The Kier molecular flexibility index (Phi) is 3.38. The fourth-order valence-corrected chi connectivity index (χ4v) is 1.91. The van der Waals surface area contributed by atoms with E-state index in [2.05, 4.69) is 10.7 Å². The number of rotatable bonds is 2. The van der Waals surface area contributed by atoms with Crippen molar-refractivity contribution >= 4 is 5.91 Å². The maximum absolute atomic E-state index is 11.8. The molecule has 4 nitrogen and oxygen atoms in total. The quantitative estimate of drug-likeness (QED) is 0.648. The summed E-state index contributed by atoms with van der Waals surface area (Å²) in [5.74, 6) is 0.0772.